The second-order valence-electron chi connectivity index (χ2n) is 9.20. The normalized spacial score (nSPS) is 17.8. The van der Waals surface area contributed by atoms with Crippen LogP contribution in [0.3, 0.4) is 0 Å². The number of hydrogen-bond acceptors (Lipinski definition) is 3. The zero-order valence-electron chi connectivity index (χ0n) is 18.5. The Morgan fingerprint density at radius 2 is 1.65 bits per heavy atom. The van der Waals surface area contributed by atoms with Crippen LogP contribution < -0.4 is 10.6 Å². The molecule has 2 N–H and O–H groups in total. The molecular formula is C27H35ClN2O. The van der Waals surface area contributed by atoms with Crippen molar-refractivity contribution in [2.24, 2.45) is 5.92 Å². The maximum atomic E-state index is 12.8. The fraction of sp³-hybridized carbons (Fsp3) is 0.519. The summed E-state index contributed by atoms with van der Waals surface area (Å²) in [7, 11) is 0. The number of carbonyl (C=O) groups is 1. The van der Waals surface area contributed by atoms with E-state index in [4.69, 9.17) is 11.6 Å². The van der Waals surface area contributed by atoms with Crippen molar-refractivity contribution in [3.63, 3.8) is 0 Å². The summed E-state index contributed by atoms with van der Waals surface area (Å²) in [4.78, 5) is 12.8. The van der Waals surface area contributed by atoms with Crippen LogP contribution in [-0.2, 0) is 19.4 Å². The number of nitrogens with one attached hydrogen (secondary N) is 2. The highest BCUT2D eigenvalue weighted by molar-refractivity contribution is 6.33. The zero-order valence-corrected chi connectivity index (χ0v) is 19.3. The highest BCUT2D eigenvalue weighted by Crippen LogP contribution is 2.31. The Balaban J connectivity index is 1.36. The molecule has 0 radical (unpaired) electrons. The first-order chi connectivity index (χ1) is 15.2. The van der Waals surface area contributed by atoms with Crippen molar-refractivity contribution >= 4 is 23.1 Å². The molecule has 166 valence electrons. The van der Waals surface area contributed by atoms with Crippen molar-refractivity contribution in [1.29, 1.82) is 0 Å². The summed E-state index contributed by atoms with van der Waals surface area (Å²) in [6.07, 6.45) is 11.8. The smallest absolute Gasteiger partial charge is 0.163 e. The third kappa shape index (κ3) is 6.11. The summed E-state index contributed by atoms with van der Waals surface area (Å²) in [5.74, 6) is 0.869. The zero-order chi connectivity index (χ0) is 21.5. The van der Waals surface area contributed by atoms with Gasteiger partial charge in [-0.15, -0.1) is 0 Å². The molecule has 0 unspecified atom stereocenters. The molecule has 0 aromatic heterocycles. The van der Waals surface area contributed by atoms with Gasteiger partial charge in [0.1, 0.15) is 0 Å². The molecule has 2 aliphatic rings. The number of halogens is 1. The van der Waals surface area contributed by atoms with Crippen LogP contribution in [0.1, 0.15) is 78.4 Å². The number of rotatable bonds is 6. The monoisotopic (exact) mass is 438 g/mol. The van der Waals surface area contributed by atoms with E-state index in [9.17, 15) is 4.79 Å². The predicted molar refractivity (Wildman–Crippen MR) is 130 cm³/mol. The van der Waals surface area contributed by atoms with Crippen molar-refractivity contribution in [2.45, 2.75) is 70.8 Å². The van der Waals surface area contributed by atoms with Gasteiger partial charge in [0, 0.05) is 18.5 Å². The van der Waals surface area contributed by atoms with Crippen LogP contribution in [0.5, 0.6) is 0 Å². The second kappa shape index (κ2) is 11.2. The maximum absolute atomic E-state index is 12.8. The van der Waals surface area contributed by atoms with Gasteiger partial charge >= 0.3 is 0 Å². The SMILES string of the molecule is O=C(CC1CCCCCCC1)c1ccc(CNc2c(Cl)ccc3c2CCNCC3)cc1. The van der Waals surface area contributed by atoms with E-state index < -0.39 is 0 Å². The Labute approximate surface area is 192 Å². The van der Waals surface area contributed by atoms with Crippen molar-refractivity contribution < 1.29 is 4.79 Å². The average molecular weight is 439 g/mol. The number of Topliss-reactive ketones (excluding diaryl/α,β-unsaturated/α-hetero) is 1. The third-order valence-electron chi connectivity index (χ3n) is 6.93. The standard InChI is InChI=1S/C27H35ClN2O/c28-25-13-12-22-14-16-29-17-15-24(22)27(25)30-19-21-8-10-23(11-9-21)26(31)18-20-6-4-2-1-3-5-7-20/h8-13,20,29-30H,1-7,14-19H2. The highest BCUT2D eigenvalue weighted by Gasteiger charge is 2.17. The number of fused-ring (bicyclic) bond motifs is 1. The molecule has 2 aromatic rings. The van der Waals surface area contributed by atoms with Crippen LogP contribution in [0.2, 0.25) is 5.02 Å². The van der Waals surface area contributed by atoms with Gasteiger partial charge in [0.25, 0.3) is 0 Å². The lowest BCUT2D eigenvalue weighted by Gasteiger charge is -2.19. The summed E-state index contributed by atoms with van der Waals surface area (Å²) in [5.41, 5.74) is 5.80. The van der Waals surface area contributed by atoms with Gasteiger partial charge in [0.05, 0.1) is 10.7 Å². The predicted octanol–water partition coefficient (Wildman–Crippen LogP) is 6.57. The number of hydrogen-bond donors (Lipinski definition) is 2. The lowest BCUT2D eigenvalue weighted by Crippen LogP contribution is -2.16. The summed E-state index contributed by atoms with van der Waals surface area (Å²) in [6.45, 7) is 2.71. The van der Waals surface area contributed by atoms with Gasteiger partial charge in [-0.2, -0.15) is 0 Å². The molecule has 1 heterocycles. The number of carbonyl (C=O) groups excluding carboxylic acids is 1. The van der Waals surface area contributed by atoms with E-state index in [1.807, 2.05) is 18.2 Å². The Bertz CT molecular complexity index is 870. The Morgan fingerprint density at radius 1 is 0.935 bits per heavy atom. The molecule has 1 fully saturated rings. The first-order valence-corrected chi connectivity index (χ1v) is 12.5. The van der Waals surface area contributed by atoms with Gasteiger partial charge in [-0.1, -0.05) is 86.9 Å². The number of ketones is 1. The van der Waals surface area contributed by atoms with Gasteiger partial charge in [-0.05, 0) is 54.6 Å². The van der Waals surface area contributed by atoms with E-state index in [0.717, 1.165) is 42.2 Å². The molecular weight excluding hydrogens is 404 g/mol. The van der Waals surface area contributed by atoms with Crippen LogP contribution >= 0.6 is 11.6 Å². The van der Waals surface area contributed by atoms with E-state index in [0.29, 0.717) is 24.7 Å². The average Bonchev–Trinajstić information content (AvgIpc) is 3.01. The molecule has 0 atom stereocenters. The van der Waals surface area contributed by atoms with E-state index in [2.05, 4.69) is 28.8 Å². The molecule has 4 rings (SSSR count). The molecule has 0 spiro atoms. The molecule has 31 heavy (non-hydrogen) atoms. The molecule has 0 amide bonds. The summed E-state index contributed by atoms with van der Waals surface area (Å²) in [5, 5.41) is 7.82. The summed E-state index contributed by atoms with van der Waals surface area (Å²) in [6, 6.07) is 12.3. The molecule has 2 aromatic carbocycles. The fourth-order valence-electron chi connectivity index (χ4n) is 5.06. The molecule has 0 bridgehead atoms. The van der Waals surface area contributed by atoms with Crippen LogP contribution in [-0.4, -0.2) is 18.9 Å². The van der Waals surface area contributed by atoms with Crippen LogP contribution in [0, 0.1) is 5.92 Å². The first kappa shape index (κ1) is 22.4. The Morgan fingerprint density at radius 3 is 2.42 bits per heavy atom. The van der Waals surface area contributed by atoms with Crippen LogP contribution in [0.25, 0.3) is 0 Å². The van der Waals surface area contributed by atoms with E-state index >= 15 is 0 Å². The van der Waals surface area contributed by atoms with Crippen LogP contribution in [0.4, 0.5) is 5.69 Å². The van der Waals surface area contributed by atoms with Crippen molar-refractivity contribution in [1.82, 2.24) is 5.32 Å². The second-order valence-corrected chi connectivity index (χ2v) is 9.61. The lowest BCUT2D eigenvalue weighted by atomic mass is 9.86. The minimum Gasteiger partial charge on any atom is -0.380 e. The largest absolute Gasteiger partial charge is 0.380 e. The number of anilines is 1. The minimum atomic E-state index is 0.300. The lowest BCUT2D eigenvalue weighted by molar-refractivity contribution is 0.0953. The van der Waals surface area contributed by atoms with E-state index in [1.165, 1.54) is 61.6 Å². The highest BCUT2D eigenvalue weighted by atomic mass is 35.5. The van der Waals surface area contributed by atoms with Crippen molar-refractivity contribution in [2.75, 3.05) is 18.4 Å². The summed E-state index contributed by atoms with van der Waals surface area (Å²) < 4.78 is 0. The Hall–Kier alpha value is -1.84. The van der Waals surface area contributed by atoms with Crippen LogP contribution in [0.15, 0.2) is 36.4 Å². The quantitative estimate of drug-likeness (QED) is 0.501. The van der Waals surface area contributed by atoms with Gasteiger partial charge in [-0.25, -0.2) is 0 Å². The van der Waals surface area contributed by atoms with Crippen molar-refractivity contribution in [3.05, 3.63) is 63.7 Å². The van der Waals surface area contributed by atoms with Gasteiger partial charge in [0.2, 0.25) is 0 Å². The molecule has 0 saturated heterocycles. The molecule has 1 aliphatic heterocycles. The Kier molecular flexibility index (Phi) is 8.04. The van der Waals surface area contributed by atoms with E-state index in [-0.39, 0.29) is 0 Å². The molecule has 3 nitrogen and oxygen atoms in total. The van der Waals surface area contributed by atoms with Crippen molar-refractivity contribution in [3.8, 4) is 0 Å². The van der Waals surface area contributed by atoms with Gasteiger partial charge < -0.3 is 10.6 Å². The minimum absolute atomic E-state index is 0.300. The van der Waals surface area contributed by atoms with Gasteiger partial charge in [0.15, 0.2) is 5.78 Å². The third-order valence-corrected chi connectivity index (χ3v) is 7.24. The topological polar surface area (TPSA) is 41.1 Å². The first-order valence-electron chi connectivity index (χ1n) is 12.1. The fourth-order valence-corrected chi connectivity index (χ4v) is 5.30. The summed E-state index contributed by atoms with van der Waals surface area (Å²) >= 11 is 6.53. The molecule has 4 heteroatoms. The molecule has 1 aliphatic carbocycles. The number of benzene rings is 2. The molecule has 1 saturated carbocycles. The van der Waals surface area contributed by atoms with Gasteiger partial charge in [-0.3, -0.25) is 4.79 Å². The van der Waals surface area contributed by atoms with E-state index in [1.54, 1.807) is 0 Å². The maximum Gasteiger partial charge on any atom is 0.163 e.